The van der Waals surface area contributed by atoms with Gasteiger partial charge in [0.05, 0.1) is 11.9 Å². The summed E-state index contributed by atoms with van der Waals surface area (Å²) in [6.07, 6.45) is 1.56. The molecule has 2 aromatic carbocycles. The summed E-state index contributed by atoms with van der Waals surface area (Å²) in [5.74, 6) is -0.0222. The van der Waals surface area contributed by atoms with Crippen molar-refractivity contribution in [3.63, 3.8) is 0 Å². The molecule has 1 aromatic heterocycles. The molecule has 0 bridgehead atoms. The molecular formula is C19H18BrN3O2S. The van der Waals surface area contributed by atoms with E-state index < -0.39 is 0 Å². The summed E-state index contributed by atoms with van der Waals surface area (Å²) in [7, 11) is 0. The standard InChI is InChI=1S/C19H18BrN3O2S/c1-12(2)22-19-23(21-10-14-5-8-16(24)9-18(14)25)17(11-26-19)13-3-6-15(20)7-4-13/h3-12,24-25H,1-2H3. The van der Waals surface area contributed by atoms with Crippen LogP contribution in [-0.4, -0.2) is 27.1 Å². The minimum Gasteiger partial charge on any atom is -0.508 e. The van der Waals surface area contributed by atoms with Gasteiger partial charge in [-0.1, -0.05) is 28.1 Å². The zero-order valence-corrected chi connectivity index (χ0v) is 16.7. The van der Waals surface area contributed by atoms with Gasteiger partial charge in [-0.2, -0.15) is 5.10 Å². The van der Waals surface area contributed by atoms with Crippen molar-refractivity contribution in [2.45, 2.75) is 19.9 Å². The minimum atomic E-state index is -0.0304. The maximum absolute atomic E-state index is 9.97. The number of nitrogens with zero attached hydrogens (tertiary/aromatic N) is 3. The quantitative estimate of drug-likeness (QED) is 0.593. The van der Waals surface area contributed by atoms with Crippen LogP contribution in [0.1, 0.15) is 19.4 Å². The average molecular weight is 432 g/mol. The highest BCUT2D eigenvalue weighted by atomic mass is 79.9. The molecule has 7 heteroatoms. The van der Waals surface area contributed by atoms with E-state index in [1.165, 1.54) is 23.5 Å². The van der Waals surface area contributed by atoms with Crippen LogP contribution in [0.25, 0.3) is 11.3 Å². The maximum atomic E-state index is 9.97. The van der Waals surface area contributed by atoms with Crippen LogP contribution in [-0.2, 0) is 0 Å². The van der Waals surface area contributed by atoms with Crippen LogP contribution in [0.2, 0.25) is 0 Å². The Morgan fingerprint density at radius 1 is 1.12 bits per heavy atom. The van der Waals surface area contributed by atoms with Crippen molar-refractivity contribution < 1.29 is 10.2 Å². The number of halogens is 1. The summed E-state index contributed by atoms with van der Waals surface area (Å²) in [6, 6.07) is 12.5. The molecule has 0 saturated heterocycles. The van der Waals surface area contributed by atoms with Crippen LogP contribution in [0, 0.1) is 0 Å². The molecule has 0 aliphatic carbocycles. The number of phenols is 2. The van der Waals surface area contributed by atoms with E-state index in [9.17, 15) is 10.2 Å². The Morgan fingerprint density at radius 3 is 2.50 bits per heavy atom. The van der Waals surface area contributed by atoms with E-state index >= 15 is 0 Å². The van der Waals surface area contributed by atoms with Gasteiger partial charge in [0.2, 0.25) is 4.80 Å². The molecule has 0 unspecified atom stereocenters. The monoisotopic (exact) mass is 431 g/mol. The van der Waals surface area contributed by atoms with E-state index in [0.29, 0.717) is 5.56 Å². The summed E-state index contributed by atoms with van der Waals surface area (Å²) in [5, 5.41) is 25.9. The highest BCUT2D eigenvalue weighted by Crippen LogP contribution is 2.24. The molecule has 0 aliphatic heterocycles. The highest BCUT2D eigenvalue weighted by molar-refractivity contribution is 9.10. The Kier molecular flexibility index (Phi) is 5.58. The number of hydrogen-bond acceptors (Lipinski definition) is 5. The summed E-state index contributed by atoms with van der Waals surface area (Å²) < 4.78 is 2.77. The molecule has 2 N–H and O–H groups in total. The predicted molar refractivity (Wildman–Crippen MR) is 109 cm³/mol. The van der Waals surface area contributed by atoms with Crippen LogP contribution >= 0.6 is 27.3 Å². The van der Waals surface area contributed by atoms with Crippen LogP contribution in [0.5, 0.6) is 11.5 Å². The van der Waals surface area contributed by atoms with Gasteiger partial charge in [-0.3, -0.25) is 4.99 Å². The topological polar surface area (TPSA) is 70.1 Å². The predicted octanol–water partition coefficient (Wildman–Crippen LogP) is 4.58. The maximum Gasteiger partial charge on any atom is 0.206 e. The first-order valence-electron chi connectivity index (χ1n) is 8.00. The summed E-state index contributed by atoms with van der Waals surface area (Å²) in [6.45, 7) is 4.03. The van der Waals surface area contributed by atoms with E-state index in [2.05, 4.69) is 26.0 Å². The number of hydrogen-bond donors (Lipinski definition) is 2. The van der Waals surface area contributed by atoms with Crippen molar-refractivity contribution in [3.05, 3.63) is 62.7 Å². The lowest BCUT2D eigenvalue weighted by atomic mass is 10.2. The SMILES string of the molecule is CC(C)N=c1scc(-c2ccc(Br)cc2)n1N=Cc1ccc(O)cc1O. The Morgan fingerprint density at radius 2 is 1.85 bits per heavy atom. The molecular weight excluding hydrogens is 414 g/mol. The second-order valence-electron chi connectivity index (χ2n) is 5.93. The van der Waals surface area contributed by atoms with E-state index in [-0.39, 0.29) is 17.5 Å². The normalized spacial score (nSPS) is 12.4. The van der Waals surface area contributed by atoms with Crippen molar-refractivity contribution in [1.29, 1.82) is 0 Å². The molecule has 134 valence electrons. The minimum absolute atomic E-state index is 0.00823. The molecule has 26 heavy (non-hydrogen) atoms. The number of aromatic nitrogens is 1. The summed E-state index contributed by atoms with van der Waals surface area (Å²) in [5.41, 5.74) is 2.44. The van der Waals surface area contributed by atoms with Crippen molar-refractivity contribution in [3.8, 4) is 22.8 Å². The van der Waals surface area contributed by atoms with Gasteiger partial charge in [-0.05, 0) is 38.1 Å². The Bertz CT molecular complexity index is 1000. The molecule has 0 spiro atoms. The molecule has 3 aromatic rings. The number of rotatable bonds is 4. The van der Waals surface area contributed by atoms with Gasteiger partial charge in [0, 0.05) is 33.1 Å². The number of benzene rings is 2. The third-order valence-electron chi connectivity index (χ3n) is 3.52. The van der Waals surface area contributed by atoms with Gasteiger partial charge in [0.1, 0.15) is 11.5 Å². The second-order valence-corrected chi connectivity index (χ2v) is 7.68. The van der Waals surface area contributed by atoms with E-state index in [1.54, 1.807) is 17.0 Å². The third-order valence-corrected chi connectivity index (χ3v) is 4.88. The fourth-order valence-corrected chi connectivity index (χ4v) is 3.54. The Hall–Kier alpha value is -2.38. The fraction of sp³-hybridized carbons (Fsp3) is 0.158. The van der Waals surface area contributed by atoms with Crippen LogP contribution in [0.4, 0.5) is 0 Å². The highest BCUT2D eigenvalue weighted by Gasteiger charge is 2.08. The van der Waals surface area contributed by atoms with Gasteiger partial charge < -0.3 is 10.2 Å². The number of phenolic OH excluding ortho intramolecular Hbond substituents is 2. The second kappa shape index (κ2) is 7.88. The molecule has 5 nitrogen and oxygen atoms in total. The lowest BCUT2D eigenvalue weighted by molar-refractivity contribution is 0.450. The molecule has 0 atom stereocenters. The van der Waals surface area contributed by atoms with E-state index in [4.69, 9.17) is 0 Å². The lowest BCUT2D eigenvalue weighted by Crippen LogP contribution is -2.14. The number of aromatic hydroxyl groups is 2. The van der Waals surface area contributed by atoms with Crippen molar-refractivity contribution in [2.24, 2.45) is 10.1 Å². The average Bonchev–Trinajstić information content (AvgIpc) is 2.97. The molecule has 0 saturated carbocycles. The number of thiazole rings is 1. The van der Waals surface area contributed by atoms with Crippen molar-refractivity contribution >= 4 is 33.5 Å². The van der Waals surface area contributed by atoms with Gasteiger partial charge in [-0.15, -0.1) is 11.3 Å². The van der Waals surface area contributed by atoms with Gasteiger partial charge >= 0.3 is 0 Å². The first-order valence-corrected chi connectivity index (χ1v) is 9.68. The first kappa shape index (κ1) is 18.4. The molecule has 0 amide bonds. The largest absolute Gasteiger partial charge is 0.508 e. The molecule has 3 rings (SSSR count). The zero-order chi connectivity index (χ0) is 18.7. The van der Waals surface area contributed by atoms with Crippen molar-refractivity contribution in [2.75, 3.05) is 0 Å². The van der Waals surface area contributed by atoms with Gasteiger partial charge in [-0.25, -0.2) is 4.68 Å². The fourth-order valence-electron chi connectivity index (χ4n) is 2.30. The van der Waals surface area contributed by atoms with Crippen molar-refractivity contribution in [1.82, 2.24) is 4.68 Å². The smallest absolute Gasteiger partial charge is 0.206 e. The summed E-state index contributed by atoms with van der Waals surface area (Å²) >= 11 is 4.96. The van der Waals surface area contributed by atoms with Crippen LogP contribution in [0.3, 0.4) is 0 Å². The van der Waals surface area contributed by atoms with E-state index in [0.717, 1.165) is 20.5 Å². The van der Waals surface area contributed by atoms with Gasteiger partial charge in [0.15, 0.2) is 0 Å². The summed E-state index contributed by atoms with van der Waals surface area (Å²) in [4.78, 5) is 5.40. The van der Waals surface area contributed by atoms with Crippen LogP contribution < -0.4 is 4.80 Å². The third kappa shape index (κ3) is 4.23. The Labute approximate surface area is 163 Å². The Balaban J connectivity index is 2.10. The lowest BCUT2D eigenvalue weighted by Gasteiger charge is -2.05. The molecule has 0 fully saturated rings. The molecule has 0 radical (unpaired) electrons. The zero-order valence-electron chi connectivity index (χ0n) is 14.3. The molecule has 0 aliphatic rings. The first-order chi connectivity index (χ1) is 12.4. The van der Waals surface area contributed by atoms with E-state index in [1.807, 2.05) is 43.5 Å². The molecule has 1 heterocycles. The van der Waals surface area contributed by atoms with Crippen LogP contribution in [0.15, 0.2) is 62.4 Å². The van der Waals surface area contributed by atoms with Gasteiger partial charge in [0.25, 0.3) is 0 Å².